The maximum Gasteiger partial charge on any atom is 0.221 e. The maximum absolute atomic E-state index is 13.1. The van der Waals surface area contributed by atoms with Gasteiger partial charge in [-0.2, -0.15) is 0 Å². The van der Waals surface area contributed by atoms with Gasteiger partial charge in [0.1, 0.15) is 0 Å². The molecule has 0 aromatic heterocycles. The van der Waals surface area contributed by atoms with E-state index in [9.17, 15) is 13.2 Å². The third-order valence-electron chi connectivity index (χ3n) is 6.13. The Balaban J connectivity index is 1.34. The maximum atomic E-state index is 13.1. The van der Waals surface area contributed by atoms with Gasteiger partial charge < -0.3 is 5.32 Å². The smallest absolute Gasteiger partial charge is 0.221 e. The highest BCUT2D eigenvalue weighted by atomic mass is 32.2. The molecule has 4 rings (SSSR count). The van der Waals surface area contributed by atoms with Gasteiger partial charge in [0.25, 0.3) is 0 Å². The molecule has 0 radical (unpaired) electrons. The first-order valence-electron chi connectivity index (χ1n) is 11.4. The third-order valence-corrected chi connectivity index (χ3v) is 8.00. The molecule has 0 aliphatic carbocycles. The van der Waals surface area contributed by atoms with E-state index in [1.807, 2.05) is 48.5 Å². The fourth-order valence-corrected chi connectivity index (χ4v) is 5.92. The predicted molar refractivity (Wildman–Crippen MR) is 134 cm³/mol. The zero-order valence-electron chi connectivity index (χ0n) is 19.0. The van der Waals surface area contributed by atoms with Crippen LogP contribution in [0.4, 0.5) is 5.69 Å². The molecule has 7 heteroatoms. The molecule has 0 unspecified atom stereocenters. The molecule has 0 spiro atoms. The Kier molecular flexibility index (Phi) is 7.42. The van der Waals surface area contributed by atoms with E-state index in [2.05, 4.69) is 28.4 Å². The summed E-state index contributed by atoms with van der Waals surface area (Å²) in [6.07, 6.45) is 1.34. The van der Waals surface area contributed by atoms with Gasteiger partial charge >= 0.3 is 0 Å². The van der Waals surface area contributed by atoms with Crippen molar-refractivity contribution in [1.29, 1.82) is 0 Å². The number of hydrogen-bond acceptors (Lipinski definition) is 4. The minimum Gasteiger partial charge on any atom is -0.326 e. The fourth-order valence-electron chi connectivity index (χ4n) is 4.42. The molecular weight excluding hydrogens is 434 g/mol. The SMILES string of the molecule is CC(=O)Nc1ccc(CN2CCCN(S(=O)(=O)CCc3cccc4ccccc34)CC2)cc1. The van der Waals surface area contributed by atoms with Crippen molar-refractivity contribution in [2.75, 3.05) is 37.2 Å². The van der Waals surface area contributed by atoms with E-state index in [0.29, 0.717) is 26.1 Å². The van der Waals surface area contributed by atoms with Crippen LogP contribution in [0.1, 0.15) is 24.5 Å². The molecule has 33 heavy (non-hydrogen) atoms. The number of nitrogens with zero attached hydrogens (tertiary/aromatic N) is 2. The molecule has 0 bridgehead atoms. The number of benzene rings is 3. The van der Waals surface area contributed by atoms with Gasteiger partial charge in [-0.3, -0.25) is 9.69 Å². The summed E-state index contributed by atoms with van der Waals surface area (Å²) in [7, 11) is -3.32. The molecule has 1 N–H and O–H groups in total. The monoisotopic (exact) mass is 465 g/mol. The summed E-state index contributed by atoms with van der Waals surface area (Å²) in [4.78, 5) is 13.5. The van der Waals surface area contributed by atoms with Gasteiger partial charge in [-0.05, 0) is 53.4 Å². The largest absolute Gasteiger partial charge is 0.326 e. The molecule has 174 valence electrons. The molecule has 1 heterocycles. The Morgan fingerprint density at radius 1 is 0.909 bits per heavy atom. The molecule has 1 saturated heterocycles. The molecule has 1 aliphatic rings. The summed E-state index contributed by atoms with van der Waals surface area (Å²) >= 11 is 0. The summed E-state index contributed by atoms with van der Waals surface area (Å²) in [5.74, 6) is 0.0445. The lowest BCUT2D eigenvalue weighted by Gasteiger charge is -2.22. The van der Waals surface area contributed by atoms with Crippen molar-refractivity contribution in [2.24, 2.45) is 0 Å². The standard InChI is InChI=1S/C26H31N3O3S/c1-21(30)27-25-12-10-22(11-13-25)20-28-15-5-16-29(18-17-28)33(31,32)19-14-24-8-4-7-23-6-2-3-9-26(23)24/h2-4,6-13H,5,14-20H2,1H3,(H,27,30). The second-order valence-electron chi connectivity index (χ2n) is 8.61. The van der Waals surface area contributed by atoms with Crippen LogP contribution in [-0.2, 0) is 27.8 Å². The van der Waals surface area contributed by atoms with Crippen LogP contribution in [0.3, 0.4) is 0 Å². The normalized spacial score (nSPS) is 15.9. The Morgan fingerprint density at radius 2 is 1.67 bits per heavy atom. The summed E-state index contributed by atoms with van der Waals surface area (Å²) < 4.78 is 27.9. The summed E-state index contributed by atoms with van der Waals surface area (Å²) in [5.41, 5.74) is 3.01. The van der Waals surface area contributed by atoms with E-state index in [-0.39, 0.29) is 11.7 Å². The number of aryl methyl sites for hydroxylation is 1. The highest BCUT2D eigenvalue weighted by Crippen LogP contribution is 2.20. The molecule has 1 amide bonds. The fraction of sp³-hybridized carbons (Fsp3) is 0.346. The molecule has 0 saturated carbocycles. The first-order valence-corrected chi connectivity index (χ1v) is 13.0. The van der Waals surface area contributed by atoms with Gasteiger partial charge in [0.05, 0.1) is 5.75 Å². The number of rotatable bonds is 7. The van der Waals surface area contributed by atoms with Gasteiger partial charge in [0, 0.05) is 38.8 Å². The number of amides is 1. The van der Waals surface area contributed by atoms with Crippen molar-refractivity contribution in [3.8, 4) is 0 Å². The number of fused-ring (bicyclic) bond motifs is 1. The topological polar surface area (TPSA) is 69.7 Å². The summed E-state index contributed by atoms with van der Waals surface area (Å²) in [6.45, 7) is 4.92. The van der Waals surface area contributed by atoms with E-state index in [4.69, 9.17) is 0 Å². The minimum absolute atomic E-state index is 0.0861. The number of carbonyl (C=O) groups is 1. The first-order chi connectivity index (χ1) is 15.9. The van der Waals surface area contributed by atoms with Gasteiger partial charge in [-0.25, -0.2) is 12.7 Å². The zero-order valence-corrected chi connectivity index (χ0v) is 19.9. The second kappa shape index (κ2) is 10.5. The van der Waals surface area contributed by atoms with Crippen LogP contribution in [0.25, 0.3) is 10.8 Å². The van der Waals surface area contributed by atoms with Crippen LogP contribution >= 0.6 is 0 Å². The van der Waals surface area contributed by atoms with Crippen LogP contribution in [0.15, 0.2) is 66.7 Å². The van der Waals surface area contributed by atoms with Crippen LogP contribution in [-0.4, -0.2) is 55.5 Å². The quantitative estimate of drug-likeness (QED) is 0.575. The van der Waals surface area contributed by atoms with Crippen molar-refractivity contribution in [3.05, 3.63) is 77.9 Å². The second-order valence-corrected chi connectivity index (χ2v) is 10.7. The van der Waals surface area contributed by atoms with Crippen molar-refractivity contribution >= 4 is 32.4 Å². The molecule has 1 fully saturated rings. The summed E-state index contributed by atoms with van der Waals surface area (Å²) in [5, 5.41) is 5.04. The molecule has 3 aromatic carbocycles. The van der Waals surface area contributed by atoms with E-state index < -0.39 is 10.0 Å². The van der Waals surface area contributed by atoms with Crippen molar-refractivity contribution in [2.45, 2.75) is 26.3 Å². The zero-order chi connectivity index (χ0) is 23.3. The first kappa shape index (κ1) is 23.4. The number of carbonyl (C=O) groups excluding carboxylic acids is 1. The Morgan fingerprint density at radius 3 is 2.45 bits per heavy atom. The van der Waals surface area contributed by atoms with Crippen molar-refractivity contribution in [1.82, 2.24) is 9.21 Å². The lowest BCUT2D eigenvalue weighted by Crippen LogP contribution is -2.37. The van der Waals surface area contributed by atoms with Gasteiger partial charge in [-0.15, -0.1) is 0 Å². The summed E-state index contributed by atoms with van der Waals surface area (Å²) in [6, 6.07) is 22.0. The van der Waals surface area contributed by atoms with E-state index in [1.165, 1.54) is 6.92 Å². The van der Waals surface area contributed by atoms with Crippen molar-refractivity contribution < 1.29 is 13.2 Å². The molecule has 6 nitrogen and oxygen atoms in total. The Labute approximate surface area is 196 Å². The highest BCUT2D eigenvalue weighted by Gasteiger charge is 2.25. The van der Waals surface area contributed by atoms with E-state index in [0.717, 1.165) is 47.1 Å². The Bertz CT molecular complexity index is 1200. The minimum atomic E-state index is -3.32. The van der Waals surface area contributed by atoms with Gasteiger partial charge in [0.2, 0.25) is 15.9 Å². The van der Waals surface area contributed by atoms with Gasteiger partial charge in [-0.1, -0.05) is 54.6 Å². The molecule has 1 aliphatic heterocycles. The average Bonchev–Trinajstić information content (AvgIpc) is 3.05. The molecule has 0 atom stereocenters. The van der Waals surface area contributed by atoms with E-state index >= 15 is 0 Å². The number of sulfonamides is 1. The number of anilines is 1. The predicted octanol–water partition coefficient (Wildman–Crippen LogP) is 3.88. The van der Waals surface area contributed by atoms with E-state index in [1.54, 1.807) is 4.31 Å². The third kappa shape index (κ3) is 6.19. The molecule has 3 aromatic rings. The lowest BCUT2D eigenvalue weighted by molar-refractivity contribution is -0.114. The Hall–Kier alpha value is -2.74. The van der Waals surface area contributed by atoms with Crippen molar-refractivity contribution in [3.63, 3.8) is 0 Å². The average molecular weight is 466 g/mol. The van der Waals surface area contributed by atoms with Crippen LogP contribution in [0.5, 0.6) is 0 Å². The lowest BCUT2D eigenvalue weighted by atomic mass is 10.0. The van der Waals surface area contributed by atoms with Crippen LogP contribution < -0.4 is 5.32 Å². The van der Waals surface area contributed by atoms with Gasteiger partial charge in [0.15, 0.2) is 0 Å². The highest BCUT2D eigenvalue weighted by molar-refractivity contribution is 7.89. The van der Waals surface area contributed by atoms with Crippen LogP contribution in [0.2, 0.25) is 0 Å². The number of nitrogens with one attached hydrogen (secondary N) is 1. The van der Waals surface area contributed by atoms with Crippen LogP contribution in [0, 0.1) is 0 Å². The number of hydrogen-bond donors (Lipinski definition) is 1. The molecular formula is C26H31N3O3S.